The topological polar surface area (TPSA) is 123 Å². The van der Waals surface area contributed by atoms with Crippen molar-refractivity contribution in [3.63, 3.8) is 0 Å². The zero-order chi connectivity index (χ0) is 24.4. The Labute approximate surface area is 201 Å². The quantitative estimate of drug-likeness (QED) is 0.400. The maximum absolute atomic E-state index is 13.6. The third-order valence-electron chi connectivity index (χ3n) is 6.67. The molecule has 1 N–H and O–H groups in total. The van der Waals surface area contributed by atoms with Gasteiger partial charge in [-0.1, -0.05) is 6.07 Å². The van der Waals surface area contributed by atoms with Crippen molar-refractivity contribution >= 4 is 11.4 Å². The molecule has 6 heterocycles. The number of hydrogen-bond donors (Lipinski definition) is 1. The molecule has 1 saturated carbocycles. The second-order valence-corrected chi connectivity index (χ2v) is 8.93. The highest BCUT2D eigenvalue weighted by molar-refractivity contribution is 5.90. The molecule has 1 atom stereocenters. The SMILES string of the molecule is O=C(c1nnc(-c2ccn(C(F)F)n2)o1)N1CCc2[nH]cnc2[C@@H]1c1cc2c(C3CC3)cccn2n1. The Morgan fingerprint density at radius 2 is 2.06 bits per heavy atom. The van der Waals surface area contributed by atoms with E-state index in [1.165, 1.54) is 11.6 Å². The van der Waals surface area contributed by atoms with Gasteiger partial charge in [-0.05, 0) is 42.5 Å². The molecule has 0 radical (unpaired) electrons. The molecule has 7 rings (SSSR count). The fraction of sp³-hybridized carbons (Fsp3) is 0.304. The van der Waals surface area contributed by atoms with Crippen molar-refractivity contribution in [1.82, 2.24) is 44.5 Å². The number of fused-ring (bicyclic) bond motifs is 2. The van der Waals surface area contributed by atoms with Gasteiger partial charge in [-0.25, -0.2) is 14.2 Å². The molecule has 0 aromatic carbocycles. The summed E-state index contributed by atoms with van der Waals surface area (Å²) in [4.78, 5) is 22.9. The lowest BCUT2D eigenvalue weighted by Gasteiger charge is -2.32. The highest BCUT2D eigenvalue weighted by Gasteiger charge is 2.38. The summed E-state index contributed by atoms with van der Waals surface area (Å²) < 4.78 is 33.6. The number of alkyl halides is 2. The molecular weight excluding hydrogens is 472 g/mol. The Balaban J connectivity index is 1.26. The molecule has 2 aliphatic rings. The van der Waals surface area contributed by atoms with Crippen LogP contribution >= 0.6 is 0 Å². The van der Waals surface area contributed by atoms with Crippen LogP contribution in [0.3, 0.4) is 0 Å². The van der Waals surface area contributed by atoms with Gasteiger partial charge >= 0.3 is 18.3 Å². The molecule has 182 valence electrons. The van der Waals surface area contributed by atoms with Crippen molar-refractivity contribution < 1.29 is 18.0 Å². The van der Waals surface area contributed by atoms with Gasteiger partial charge in [-0.2, -0.15) is 19.0 Å². The number of H-pyrrole nitrogens is 1. The van der Waals surface area contributed by atoms with E-state index in [2.05, 4.69) is 31.3 Å². The molecule has 1 amide bonds. The first-order valence-electron chi connectivity index (χ1n) is 11.6. The number of carbonyl (C=O) groups excluding carboxylic acids is 1. The predicted molar refractivity (Wildman–Crippen MR) is 119 cm³/mol. The number of amides is 1. The van der Waals surface area contributed by atoms with Gasteiger partial charge in [-0.3, -0.25) is 4.79 Å². The van der Waals surface area contributed by atoms with Crippen LogP contribution in [0.25, 0.3) is 17.1 Å². The summed E-state index contributed by atoms with van der Waals surface area (Å²) in [5.41, 5.74) is 4.64. The second kappa shape index (κ2) is 7.80. The van der Waals surface area contributed by atoms with E-state index in [1.54, 1.807) is 11.2 Å². The van der Waals surface area contributed by atoms with Crippen LogP contribution in [0.15, 0.2) is 47.4 Å². The summed E-state index contributed by atoms with van der Waals surface area (Å²) in [6, 6.07) is 6.88. The van der Waals surface area contributed by atoms with E-state index in [4.69, 9.17) is 9.52 Å². The number of carbonyl (C=O) groups is 1. The number of nitrogens with one attached hydrogen (secondary N) is 1. The van der Waals surface area contributed by atoms with Crippen LogP contribution in [0, 0.1) is 0 Å². The van der Waals surface area contributed by atoms with Gasteiger partial charge in [0.2, 0.25) is 0 Å². The summed E-state index contributed by atoms with van der Waals surface area (Å²) in [5, 5.41) is 16.3. The summed E-state index contributed by atoms with van der Waals surface area (Å²) >= 11 is 0. The Kier molecular flexibility index (Phi) is 4.53. The highest BCUT2D eigenvalue weighted by Crippen LogP contribution is 2.43. The van der Waals surface area contributed by atoms with Crippen LogP contribution < -0.4 is 0 Å². The lowest BCUT2D eigenvalue weighted by molar-refractivity contribution is 0.0566. The monoisotopic (exact) mass is 491 g/mol. The molecule has 1 aliphatic heterocycles. The molecule has 11 nitrogen and oxygen atoms in total. The zero-order valence-corrected chi connectivity index (χ0v) is 18.8. The average molecular weight is 491 g/mol. The number of aromatic amines is 1. The number of halogens is 2. The molecule has 13 heteroatoms. The van der Waals surface area contributed by atoms with Crippen molar-refractivity contribution in [1.29, 1.82) is 0 Å². The largest absolute Gasteiger partial charge is 0.411 e. The van der Waals surface area contributed by atoms with E-state index in [9.17, 15) is 13.6 Å². The number of pyridine rings is 1. The molecule has 0 unspecified atom stereocenters. The summed E-state index contributed by atoms with van der Waals surface area (Å²) in [5.74, 6) is -0.342. The molecule has 5 aromatic heterocycles. The zero-order valence-electron chi connectivity index (χ0n) is 18.8. The number of hydrogen-bond acceptors (Lipinski definition) is 7. The fourth-order valence-electron chi connectivity index (χ4n) is 4.82. The molecule has 36 heavy (non-hydrogen) atoms. The second-order valence-electron chi connectivity index (χ2n) is 8.93. The van der Waals surface area contributed by atoms with Gasteiger partial charge in [0.15, 0.2) is 0 Å². The molecule has 0 spiro atoms. The molecule has 5 aromatic rings. The minimum atomic E-state index is -2.80. The maximum Gasteiger partial charge on any atom is 0.333 e. The van der Waals surface area contributed by atoms with Crippen molar-refractivity contribution in [2.45, 2.75) is 37.8 Å². The predicted octanol–water partition coefficient (Wildman–Crippen LogP) is 3.36. The number of imidazole rings is 1. The molecule has 1 fully saturated rings. The van der Waals surface area contributed by atoms with Crippen LogP contribution in [0.4, 0.5) is 8.78 Å². The van der Waals surface area contributed by atoms with Crippen molar-refractivity contribution in [3.8, 4) is 11.6 Å². The Bertz CT molecular complexity index is 1600. The summed E-state index contributed by atoms with van der Waals surface area (Å²) in [6.45, 7) is -2.43. The first kappa shape index (κ1) is 20.9. The summed E-state index contributed by atoms with van der Waals surface area (Å²) in [7, 11) is 0. The number of rotatable bonds is 5. The average Bonchev–Trinajstić information content (AvgIpc) is 3.34. The van der Waals surface area contributed by atoms with Gasteiger partial charge in [-0.15, -0.1) is 10.2 Å². The first-order chi connectivity index (χ1) is 17.6. The molecule has 0 bridgehead atoms. The van der Waals surface area contributed by atoms with Crippen LogP contribution in [-0.2, 0) is 6.42 Å². The van der Waals surface area contributed by atoms with E-state index in [0.717, 1.165) is 30.2 Å². The third-order valence-corrected chi connectivity index (χ3v) is 6.67. The lowest BCUT2D eigenvalue weighted by Crippen LogP contribution is -2.41. The standard InChI is InChI=1S/C23H19F2N9O2/c24-23(25)34-9-6-15(30-34)20-28-29-21(36-20)22(35)32-8-5-14-18(27-11-26-14)19(32)16-10-17-13(12-3-4-12)2-1-7-33(17)31-16/h1-2,6-7,9-12,19,23H,3-5,8H2,(H,26,27)/t19-/m0/s1. The van der Waals surface area contributed by atoms with E-state index in [-0.39, 0.29) is 17.5 Å². The highest BCUT2D eigenvalue weighted by atomic mass is 19.3. The third kappa shape index (κ3) is 3.30. The van der Waals surface area contributed by atoms with E-state index >= 15 is 0 Å². The van der Waals surface area contributed by atoms with Crippen LogP contribution in [-0.4, -0.2) is 56.9 Å². The molecule has 1 aliphatic carbocycles. The summed E-state index contributed by atoms with van der Waals surface area (Å²) in [6.07, 6.45) is 7.50. The van der Waals surface area contributed by atoms with Gasteiger partial charge in [0.1, 0.15) is 11.7 Å². The van der Waals surface area contributed by atoms with Crippen molar-refractivity contribution in [2.75, 3.05) is 6.54 Å². The first-order valence-corrected chi connectivity index (χ1v) is 11.6. The van der Waals surface area contributed by atoms with Crippen molar-refractivity contribution in [3.05, 3.63) is 71.5 Å². The van der Waals surface area contributed by atoms with E-state index < -0.39 is 18.5 Å². The maximum atomic E-state index is 13.6. The fourth-order valence-corrected chi connectivity index (χ4v) is 4.82. The van der Waals surface area contributed by atoms with E-state index in [1.807, 2.05) is 22.8 Å². The Morgan fingerprint density at radius 3 is 2.86 bits per heavy atom. The normalized spacial score (nSPS) is 17.8. The Hall–Kier alpha value is -4.42. The van der Waals surface area contributed by atoms with Gasteiger partial charge < -0.3 is 14.3 Å². The molecule has 0 saturated heterocycles. The van der Waals surface area contributed by atoms with Crippen LogP contribution in [0.5, 0.6) is 0 Å². The van der Waals surface area contributed by atoms with Crippen molar-refractivity contribution in [2.24, 2.45) is 0 Å². The minimum absolute atomic E-state index is 0.0552. The van der Waals surface area contributed by atoms with Crippen LogP contribution in [0.2, 0.25) is 0 Å². The number of aromatic nitrogens is 8. The van der Waals surface area contributed by atoms with Gasteiger partial charge in [0.05, 0.1) is 23.2 Å². The van der Waals surface area contributed by atoms with Gasteiger partial charge in [0.25, 0.3) is 5.89 Å². The Morgan fingerprint density at radius 1 is 1.17 bits per heavy atom. The number of nitrogens with zero attached hydrogens (tertiary/aromatic N) is 8. The van der Waals surface area contributed by atoms with Gasteiger partial charge in [0, 0.05) is 31.1 Å². The van der Waals surface area contributed by atoms with E-state index in [0.29, 0.717) is 35.0 Å². The minimum Gasteiger partial charge on any atom is -0.411 e. The lowest BCUT2D eigenvalue weighted by atomic mass is 9.99. The van der Waals surface area contributed by atoms with Crippen LogP contribution in [0.1, 0.15) is 64.7 Å². The smallest absolute Gasteiger partial charge is 0.333 e. The molecular formula is C23H19F2N9O2.